The van der Waals surface area contributed by atoms with Crippen molar-refractivity contribution < 1.29 is 4.48 Å². The lowest BCUT2D eigenvalue weighted by Gasteiger charge is -2.18. The van der Waals surface area contributed by atoms with E-state index in [2.05, 4.69) is 20.9 Å². The van der Waals surface area contributed by atoms with Gasteiger partial charge in [0.2, 0.25) is 0 Å². The SMILES string of the molecule is FN1C=CC2=NC=C[N+]2C1Br. The molecular formula is C6H5BrFN3+. The van der Waals surface area contributed by atoms with Gasteiger partial charge in [-0.2, -0.15) is 4.99 Å². The van der Waals surface area contributed by atoms with Gasteiger partial charge in [0.15, 0.2) is 6.20 Å². The van der Waals surface area contributed by atoms with E-state index in [1.54, 1.807) is 23.4 Å². The van der Waals surface area contributed by atoms with E-state index < -0.39 is 5.08 Å². The van der Waals surface area contributed by atoms with Crippen molar-refractivity contribution in [1.29, 1.82) is 0 Å². The minimum Gasteiger partial charge on any atom is -0.194 e. The second-order valence-electron chi connectivity index (χ2n) is 2.16. The number of aliphatic imine (C=N–C) groups is 1. The van der Waals surface area contributed by atoms with Crippen LogP contribution in [0, 0.1) is 0 Å². The van der Waals surface area contributed by atoms with Gasteiger partial charge in [0.05, 0.1) is 6.20 Å². The molecule has 0 amide bonds. The maximum atomic E-state index is 12.8. The highest BCUT2D eigenvalue weighted by Crippen LogP contribution is 2.20. The summed E-state index contributed by atoms with van der Waals surface area (Å²) in [6, 6.07) is 0. The molecule has 0 N–H and O–H groups in total. The summed E-state index contributed by atoms with van der Waals surface area (Å²) in [5.41, 5.74) is 0. The molecule has 1 atom stereocenters. The van der Waals surface area contributed by atoms with Crippen LogP contribution in [0.4, 0.5) is 4.48 Å². The minimum absolute atomic E-state index is 0.468. The number of amidine groups is 1. The number of rotatable bonds is 0. The lowest BCUT2D eigenvalue weighted by molar-refractivity contribution is 0.0566. The Kier molecular flexibility index (Phi) is 1.54. The molecule has 2 heterocycles. The molecule has 0 aromatic heterocycles. The van der Waals surface area contributed by atoms with Gasteiger partial charge in [0.25, 0.3) is 5.84 Å². The smallest absolute Gasteiger partial charge is 0.194 e. The fourth-order valence-corrected chi connectivity index (χ4v) is 1.44. The monoisotopic (exact) mass is 217 g/mol. The van der Waals surface area contributed by atoms with Gasteiger partial charge in [0, 0.05) is 28.2 Å². The fraction of sp³-hybridized carbons (Fsp3) is 0.167. The Balaban J connectivity index is 2.33. The number of alkyl halides is 1. The van der Waals surface area contributed by atoms with Crippen LogP contribution in [0.1, 0.15) is 0 Å². The lowest BCUT2D eigenvalue weighted by atomic mass is 10.4. The highest BCUT2D eigenvalue weighted by molar-refractivity contribution is 9.09. The van der Waals surface area contributed by atoms with Gasteiger partial charge in [-0.05, 0) is 4.90 Å². The van der Waals surface area contributed by atoms with Gasteiger partial charge in [-0.15, -0.1) is 5.12 Å². The predicted octanol–water partition coefficient (Wildman–Crippen LogP) is 1.40. The fourth-order valence-electron chi connectivity index (χ4n) is 0.962. The van der Waals surface area contributed by atoms with Crippen molar-refractivity contribution in [3.8, 4) is 0 Å². The van der Waals surface area contributed by atoms with Crippen molar-refractivity contribution in [3.63, 3.8) is 0 Å². The van der Waals surface area contributed by atoms with Gasteiger partial charge >= 0.3 is 5.08 Å². The first-order valence-electron chi connectivity index (χ1n) is 3.08. The van der Waals surface area contributed by atoms with E-state index in [9.17, 15) is 4.48 Å². The Hall–Kier alpha value is -0.680. The number of fused-ring (bicyclic) bond motifs is 1. The van der Waals surface area contributed by atoms with Gasteiger partial charge in [-0.3, -0.25) is 0 Å². The zero-order valence-corrected chi connectivity index (χ0v) is 7.07. The van der Waals surface area contributed by atoms with Crippen LogP contribution >= 0.6 is 15.9 Å². The van der Waals surface area contributed by atoms with E-state index in [1.165, 1.54) is 6.20 Å². The topological polar surface area (TPSA) is 21.5 Å². The van der Waals surface area contributed by atoms with E-state index in [0.717, 1.165) is 5.84 Å². The van der Waals surface area contributed by atoms with Crippen LogP contribution in [0.3, 0.4) is 0 Å². The van der Waals surface area contributed by atoms with Gasteiger partial charge in [0.1, 0.15) is 0 Å². The quantitative estimate of drug-likeness (QED) is 0.260. The summed E-state index contributed by atoms with van der Waals surface area (Å²) in [4.78, 5) is 5.68. The van der Waals surface area contributed by atoms with Gasteiger partial charge in [-0.25, -0.2) is 0 Å². The third-order valence-corrected chi connectivity index (χ3v) is 2.33. The van der Waals surface area contributed by atoms with Crippen LogP contribution in [0.2, 0.25) is 0 Å². The molecule has 0 aromatic carbocycles. The molecule has 0 fully saturated rings. The van der Waals surface area contributed by atoms with E-state index in [1.807, 2.05) is 0 Å². The molecule has 57 valence electrons. The molecule has 2 aliphatic rings. The molecule has 0 saturated carbocycles. The number of hydrogen-bond acceptors (Lipinski definition) is 3. The molecule has 0 saturated heterocycles. The van der Waals surface area contributed by atoms with E-state index in [0.29, 0.717) is 5.12 Å². The Morgan fingerprint density at radius 2 is 2.55 bits per heavy atom. The molecule has 2 rings (SSSR count). The molecule has 0 aromatic rings. The summed E-state index contributed by atoms with van der Waals surface area (Å²) >= 11 is 3.15. The van der Waals surface area contributed by atoms with E-state index >= 15 is 0 Å². The molecule has 2 aliphatic heterocycles. The molecule has 11 heavy (non-hydrogen) atoms. The molecule has 0 spiro atoms. The summed E-state index contributed by atoms with van der Waals surface area (Å²) in [5.74, 6) is 0.751. The van der Waals surface area contributed by atoms with Crippen molar-refractivity contribution in [1.82, 2.24) is 10.0 Å². The lowest BCUT2D eigenvalue weighted by Crippen LogP contribution is -2.44. The van der Waals surface area contributed by atoms with Crippen LogP contribution in [-0.4, -0.2) is 16.0 Å². The third kappa shape index (κ3) is 1.00. The van der Waals surface area contributed by atoms with Crippen LogP contribution in [0.25, 0.3) is 0 Å². The van der Waals surface area contributed by atoms with Crippen molar-refractivity contribution in [2.24, 2.45) is 4.99 Å². The van der Waals surface area contributed by atoms with Crippen LogP contribution in [0.5, 0.6) is 0 Å². The predicted molar refractivity (Wildman–Crippen MR) is 43.5 cm³/mol. The summed E-state index contributed by atoms with van der Waals surface area (Å²) in [7, 11) is 0. The van der Waals surface area contributed by atoms with Gasteiger partial charge < -0.3 is 0 Å². The number of hydrogen-bond donors (Lipinski definition) is 0. The molecule has 3 nitrogen and oxygen atoms in total. The second-order valence-corrected chi connectivity index (χ2v) is 2.98. The normalized spacial score (nSPS) is 29.1. The molecule has 1 unspecified atom stereocenters. The van der Waals surface area contributed by atoms with Crippen molar-refractivity contribution >= 4 is 21.8 Å². The average molecular weight is 218 g/mol. The van der Waals surface area contributed by atoms with Crippen LogP contribution in [-0.2, 0) is 0 Å². The summed E-state index contributed by atoms with van der Waals surface area (Å²) in [6.07, 6.45) is 6.29. The third-order valence-electron chi connectivity index (χ3n) is 1.50. The van der Waals surface area contributed by atoms with E-state index in [4.69, 9.17) is 0 Å². The Morgan fingerprint density at radius 3 is 3.36 bits per heavy atom. The Bertz CT molecular complexity index is 261. The summed E-state index contributed by atoms with van der Waals surface area (Å²) < 4.78 is 12.8. The average Bonchev–Trinajstić information content (AvgIpc) is 2.45. The van der Waals surface area contributed by atoms with Crippen molar-refractivity contribution in [2.45, 2.75) is 5.08 Å². The Labute approximate surface area is 71.6 Å². The maximum absolute atomic E-state index is 12.8. The van der Waals surface area contributed by atoms with Gasteiger partial charge in [-0.1, -0.05) is 4.48 Å². The standard InChI is InChI=1S/C6H5BrFN3/c7-6-10-4-2-9-5(10)1-3-11(6)8/h1-4,6H/q+1. The van der Waals surface area contributed by atoms with Crippen LogP contribution in [0.15, 0.2) is 29.7 Å². The molecule has 0 aliphatic carbocycles. The van der Waals surface area contributed by atoms with Crippen molar-refractivity contribution in [3.05, 3.63) is 24.7 Å². The zero-order chi connectivity index (χ0) is 7.84. The summed E-state index contributed by atoms with van der Waals surface area (Å²) in [6.45, 7) is 0. The minimum atomic E-state index is -0.468. The first-order valence-corrected chi connectivity index (χ1v) is 4.00. The first kappa shape index (κ1) is 7.00. The largest absolute Gasteiger partial charge is 0.301 e. The second kappa shape index (κ2) is 2.42. The number of halogens is 2. The highest BCUT2D eigenvalue weighted by Gasteiger charge is 2.38. The first-order chi connectivity index (χ1) is 5.29. The van der Waals surface area contributed by atoms with E-state index in [-0.39, 0.29) is 0 Å². The molecule has 0 bridgehead atoms. The Morgan fingerprint density at radius 1 is 1.73 bits per heavy atom. The highest BCUT2D eigenvalue weighted by atomic mass is 79.9. The number of nitrogens with zero attached hydrogens (tertiary/aromatic N) is 3. The zero-order valence-electron chi connectivity index (χ0n) is 5.48. The molecular weight excluding hydrogens is 213 g/mol. The maximum Gasteiger partial charge on any atom is 0.301 e. The van der Waals surface area contributed by atoms with Crippen LogP contribution < -0.4 is 4.90 Å². The van der Waals surface area contributed by atoms with Crippen molar-refractivity contribution in [2.75, 3.05) is 0 Å². The summed E-state index contributed by atoms with van der Waals surface area (Å²) in [5, 5.41) is 0.0966. The molecule has 5 heteroatoms. The molecule has 1 radical (unpaired) electrons.